The SMILES string of the molecule is Cc1ccc([N+](=O)[O-])c(NC2(C)CCC2)n1. The van der Waals surface area contributed by atoms with E-state index in [1.807, 2.05) is 6.92 Å². The molecule has 0 atom stereocenters. The van der Waals surface area contributed by atoms with E-state index in [-0.39, 0.29) is 11.2 Å². The maximum Gasteiger partial charge on any atom is 0.311 e. The number of anilines is 1. The van der Waals surface area contributed by atoms with Crippen molar-refractivity contribution in [2.24, 2.45) is 0 Å². The summed E-state index contributed by atoms with van der Waals surface area (Å²) in [7, 11) is 0. The van der Waals surface area contributed by atoms with Crippen molar-refractivity contribution in [2.45, 2.75) is 38.6 Å². The summed E-state index contributed by atoms with van der Waals surface area (Å²) in [6.07, 6.45) is 3.25. The van der Waals surface area contributed by atoms with Crippen LogP contribution in [0.3, 0.4) is 0 Å². The maximum atomic E-state index is 10.9. The highest BCUT2D eigenvalue weighted by Gasteiger charge is 2.33. The van der Waals surface area contributed by atoms with Crippen molar-refractivity contribution >= 4 is 11.5 Å². The van der Waals surface area contributed by atoms with E-state index in [4.69, 9.17) is 0 Å². The largest absolute Gasteiger partial charge is 0.359 e. The van der Waals surface area contributed by atoms with E-state index in [1.165, 1.54) is 12.5 Å². The smallest absolute Gasteiger partial charge is 0.311 e. The molecular formula is C11H15N3O2. The molecule has 0 aromatic carbocycles. The normalized spacial score (nSPS) is 17.6. The zero-order valence-electron chi connectivity index (χ0n) is 9.49. The molecule has 2 rings (SSSR count). The van der Waals surface area contributed by atoms with E-state index >= 15 is 0 Å². The van der Waals surface area contributed by atoms with Gasteiger partial charge in [0, 0.05) is 17.3 Å². The molecule has 0 unspecified atom stereocenters. The van der Waals surface area contributed by atoms with Gasteiger partial charge in [0.05, 0.1) is 4.92 Å². The lowest BCUT2D eigenvalue weighted by molar-refractivity contribution is -0.384. The number of hydrogen-bond acceptors (Lipinski definition) is 4. The molecule has 86 valence electrons. The quantitative estimate of drug-likeness (QED) is 0.629. The average molecular weight is 221 g/mol. The minimum Gasteiger partial charge on any atom is -0.359 e. The third kappa shape index (κ3) is 1.98. The minimum absolute atomic E-state index is 0.0223. The van der Waals surface area contributed by atoms with Crippen molar-refractivity contribution in [1.82, 2.24) is 4.98 Å². The van der Waals surface area contributed by atoms with Crippen LogP contribution in [0.4, 0.5) is 11.5 Å². The summed E-state index contributed by atoms with van der Waals surface area (Å²) >= 11 is 0. The highest BCUT2D eigenvalue weighted by Crippen LogP contribution is 2.36. The fourth-order valence-corrected chi connectivity index (χ4v) is 1.91. The predicted molar refractivity (Wildman–Crippen MR) is 61.5 cm³/mol. The highest BCUT2D eigenvalue weighted by atomic mass is 16.6. The Morgan fingerprint density at radius 1 is 1.50 bits per heavy atom. The fourth-order valence-electron chi connectivity index (χ4n) is 1.91. The molecule has 1 N–H and O–H groups in total. The van der Waals surface area contributed by atoms with Gasteiger partial charge >= 0.3 is 5.69 Å². The van der Waals surface area contributed by atoms with Gasteiger partial charge in [0.1, 0.15) is 0 Å². The number of nitrogens with zero attached hydrogens (tertiary/aromatic N) is 2. The molecule has 1 saturated carbocycles. The van der Waals surface area contributed by atoms with Gasteiger partial charge in [-0.15, -0.1) is 0 Å². The number of hydrogen-bond donors (Lipinski definition) is 1. The summed E-state index contributed by atoms with van der Waals surface area (Å²) < 4.78 is 0. The number of pyridine rings is 1. The fraction of sp³-hybridized carbons (Fsp3) is 0.545. The Labute approximate surface area is 94.0 Å². The van der Waals surface area contributed by atoms with Crippen LogP contribution < -0.4 is 5.32 Å². The zero-order chi connectivity index (χ0) is 11.8. The van der Waals surface area contributed by atoms with Crippen LogP contribution in [-0.2, 0) is 0 Å². The van der Waals surface area contributed by atoms with Crippen LogP contribution in [0.25, 0.3) is 0 Å². The predicted octanol–water partition coefficient (Wildman–Crippen LogP) is 2.65. The van der Waals surface area contributed by atoms with E-state index in [0.717, 1.165) is 18.5 Å². The van der Waals surface area contributed by atoms with Gasteiger partial charge in [-0.1, -0.05) is 0 Å². The monoisotopic (exact) mass is 221 g/mol. The Balaban J connectivity index is 2.30. The van der Waals surface area contributed by atoms with Crippen molar-refractivity contribution in [3.63, 3.8) is 0 Å². The van der Waals surface area contributed by atoms with Gasteiger partial charge in [-0.2, -0.15) is 0 Å². The second kappa shape index (κ2) is 3.73. The highest BCUT2D eigenvalue weighted by molar-refractivity contribution is 5.57. The summed E-state index contributed by atoms with van der Waals surface area (Å²) in [5.41, 5.74) is 0.820. The second-order valence-electron chi connectivity index (χ2n) is 4.62. The lowest BCUT2D eigenvalue weighted by Gasteiger charge is -2.39. The van der Waals surface area contributed by atoms with Gasteiger partial charge < -0.3 is 5.32 Å². The first-order valence-corrected chi connectivity index (χ1v) is 5.40. The van der Waals surface area contributed by atoms with Gasteiger partial charge in [-0.05, 0) is 39.2 Å². The third-order valence-electron chi connectivity index (χ3n) is 3.09. The molecule has 5 nitrogen and oxygen atoms in total. The molecule has 0 radical (unpaired) electrons. The molecule has 1 fully saturated rings. The molecule has 0 spiro atoms. The van der Waals surface area contributed by atoms with E-state index < -0.39 is 4.92 Å². The van der Waals surface area contributed by atoms with E-state index in [9.17, 15) is 10.1 Å². The number of nitrogens with one attached hydrogen (secondary N) is 1. The van der Waals surface area contributed by atoms with Crippen molar-refractivity contribution in [3.05, 3.63) is 27.9 Å². The lowest BCUT2D eigenvalue weighted by atomic mass is 9.78. The summed E-state index contributed by atoms with van der Waals surface area (Å²) in [5.74, 6) is 0.396. The molecule has 0 amide bonds. The first-order chi connectivity index (χ1) is 7.50. The van der Waals surface area contributed by atoms with Crippen LogP contribution in [-0.4, -0.2) is 15.4 Å². The van der Waals surface area contributed by atoms with Crippen molar-refractivity contribution < 1.29 is 4.92 Å². The topological polar surface area (TPSA) is 68.1 Å². The van der Waals surface area contributed by atoms with Crippen molar-refractivity contribution in [1.29, 1.82) is 0 Å². The van der Waals surface area contributed by atoms with Crippen molar-refractivity contribution in [3.8, 4) is 0 Å². The molecule has 1 aromatic heterocycles. The number of rotatable bonds is 3. The first kappa shape index (κ1) is 10.9. The van der Waals surface area contributed by atoms with E-state index in [2.05, 4.69) is 17.2 Å². The number of aryl methyl sites for hydroxylation is 1. The van der Waals surface area contributed by atoms with Crippen LogP contribution in [0.5, 0.6) is 0 Å². The van der Waals surface area contributed by atoms with E-state index in [0.29, 0.717) is 5.82 Å². The molecule has 1 aliphatic rings. The van der Waals surface area contributed by atoms with Crippen LogP contribution >= 0.6 is 0 Å². The average Bonchev–Trinajstić information content (AvgIpc) is 2.15. The Hall–Kier alpha value is -1.65. The van der Waals surface area contributed by atoms with Crippen LogP contribution in [0.1, 0.15) is 31.9 Å². The van der Waals surface area contributed by atoms with Gasteiger partial charge in [0.25, 0.3) is 0 Å². The summed E-state index contributed by atoms with van der Waals surface area (Å²) in [5, 5.41) is 14.0. The van der Waals surface area contributed by atoms with Crippen LogP contribution in [0, 0.1) is 17.0 Å². The Morgan fingerprint density at radius 2 is 2.19 bits per heavy atom. The lowest BCUT2D eigenvalue weighted by Crippen LogP contribution is -2.42. The maximum absolute atomic E-state index is 10.9. The molecule has 5 heteroatoms. The zero-order valence-corrected chi connectivity index (χ0v) is 9.49. The third-order valence-corrected chi connectivity index (χ3v) is 3.09. The second-order valence-corrected chi connectivity index (χ2v) is 4.62. The Kier molecular flexibility index (Phi) is 2.53. The van der Waals surface area contributed by atoms with Crippen LogP contribution in [0.2, 0.25) is 0 Å². The summed E-state index contributed by atoms with van der Waals surface area (Å²) in [4.78, 5) is 14.7. The van der Waals surface area contributed by atoms with Gasteiger partial charge in [-0.3, -0.25) is 10.1 Å². The summed E-state index contributed by atoms with van der Waals surface area (Å²) in [6.45, 7) is 3.91. The molecule has 0 aliphatic heterocycles. The van der Waals surface area contributed by atoms with Crippen molar-refractivity contribution in [2.75, 3.05) is 5.32 Å². The Morgan fingerprint density at radius 3 is 2.69 bits per heavy atom. The standard InChI is InChI=1S/C11H15N3O2/c1-8-4-5-9(14(15)16)10(12-8)13-11(2)6-3-7-11/h4-5H,3,6-7H2,1-2H3,(H,12,13). The minimum atomic E-state index is -0.392. The van der Waals surface area contributed by atoms with Gasteiger partial charge in [-0.25, -0.2) is 4.98 Å². The molecule has 1 aliphatic carbocycles. The van der Waals surface area contributed by atoms with E-state index in [1.54, 1.807) is 6.07 Å². The van der Waals surface area contributed by atoms with Gasteiger partial charge in [0.15, 0.2) is 0 Å². The first-order valence-electron chi connectivity index (χ1n) is 5.40. The molecule has 0 saturated heterocycles. The number of nitro groups is 1. The number of aromatic nitrogens is 1. The molecule has 1 aromatic rings. The molecule has 16 heavy (non-hydrogen) atoms. The Bertz CT molecular complexity index is 427. The van der Waals surface area contributed by atoms with Crippen LogP contribution in [0.15, 0.2) is 12.1 Å². The molecule has 0 bridgehead atoms. The molecular weight excluding hydrogens is 206 g/mol. The molecule has 1 heterocycles. The van der Waals surface area contributed by atoms with Gasteiger partial charge in [0.2, 0.25) is 5.82 Å². The summed E-state index contributed by atoms with van der Waals surface area (Å²) in [6, 6.07) is 3.17.